The van der Waals surface area contributed by atoms with E-state index in [0.717, 1.165) is 12.1 Å². The summed E-state index contributed by atoms with van der Waals surface area (Å²) in [6, 6.07) is 20.7. The third-order valence-corrected chi connectivity index (χ3v) is 6.16. The number of carboxylic acid groups (broad SMARTS) is 1. The second kappa shape index (κ2) is 8.91. The van der Waals surface area contributed by atoms with E-state index in [2.05, 4.69) is 32.8 Å². The van der Waals surface area contributed by atoms with Crippen molar-refractivity contribution in [2.24, 2.45) is 9.98 Å². The highest BCUT2D eigenvalue weighted by Crippen LogP contribution is 2.19. The molecule has 170 valence electrons. The number of rotatable bonds is 8. The summed E-state index contributed by atoms with van der Waals surface area (Å²) in [5.41, 5.74) is 2.01. The molecular formula is C23H22N4O5S. The average Bonchev–Trinajstić information content (AvgIpc) is 3.08. The lowest BCUT2D eigenvalue weighted by Gasteiger charge is -2.16. The van der Waals surface area contributed by atoms with Gasteiger partial charge in [-0.05, 0) is 48.4 Å². The number of fused-ring (bicyclic) bond motifs is 1. The first kappa shape index (κ1) is 22.3. The molecule has 1 unspecified atom stereocenters. The fraction of sp³-hybridized carbons (Fsp3) is 0.174. The highest BCUT2D eigenvalue weighted by Gasteiger charge is 2.27. The summed E-state index contributed by atoms with van der Waals surface area (Å²) in [6.45, 7) is 2.21. The van der Waals surface area contributed by atoms with Crippen molar-refractivity contribution in [3.8, 4) is 5.75 Å². The van der Waals surface area contributed by atoms with Crippen molar-refractivity contribution in [1.29, 1.82) is 0 Å². The van der Waals surface area contributed by atoms with E-state index in [0.29, 0.717) is 17.3 Å². The number of hydrogen-bond donors (Lipinski definition) is 3. The van der Waals surface area contributed by atoms with Gasteiger partial charge in [0.15, 0.2) is 0 Å². The molecule has 0 aromatic heterocycles. The maximum absolute atomic E-state index is 12.7. The minimum absolute atomic E-state index is 0.00983. The zero-order valence-corrected chi connectivity index (χ0v) is 18.5. The lowest BCUT2D eigenvalue weighted by atomic mass is 10.1. The lowest BCUT2D eigenvalue weighted by molar-refractivity contribution is 0.182. The van der Waals surface area contributed by atoms with Crippen molar-refractivity contribution in [2.75, 3.05) is 11.9 Å². The molecule has 1 aliphatic rings. The second-order valence-electron chi connectivity index (χ2n) is 7.55. The SMILES string of the molecule is CC1(NC(=O)O)N=c2ccc(OS(=O)(=O)c3ccc(NCCc4ccccc4)cc3)cc2=N1. The first-order valence-corrected chi connectivity index (χ1v) is 11.6. The van der Waals surface area contributed by atoms with E-state index in [1.165, 1.54) is 42.8 Å². The summed E-state index contributed by atoms with van der Waals surface area (Å²) in [5.74, 6) is -1.31. The largest absolute Gasteiger partial charge is 0.465 e. The number of carbonyl (C=O) groups is 1. The molecule has 33 heavy (non-hydrogen) atoms. The standard InChI is InChI=1S/C23H22N4O5S/c1-23(27-22(28)29)25-20-12-9-18(15-21(20)26-23)32-33(30,31)19-10-7-17(8-11-19)24-14-13-16-5-3-2-4-6-16/h2-12,15,24,27H,13-14H2,1H3,(H,28,29). The van der Waals surface area contributed by atoms with Crippen molar-refractivity contribution in [3.63, 3.8) is 0 Å². The zero-order valence-electron chi connectivity index (χ0n) is 17.7. The molecule has 3 N–H and O–H groups in total. The quantitative estimate of drug-likeness (QED) is 0.437. The van der Waals surface area contributed by atoms with Crippen LogP contribution in [0.15, 0.2) is 87.7 Å². The molecule has 0 saturated heterocycles. The number of amides is 1. The Morgan fingerprint density at radius 3 is 2.39 bits per heavy atom. The molecule has 1 heterocycles. The molecule has 3 aromatic rings. The highest BCUT2D eigenvalue weighted by atomic mass is 32.2. The smallest absolute Gasteiger partial charge is 0.408 e. The van der Waals surface area contributed by atoms with Crippen LogP contribution in [0.25, 0.3) is 0 Å². The lowest BCUT2D eigenvalue weighted by Crippen LogP contribution is -2.41. The van der Waals surface area contributed by atoms with Gasteiger partial charge in [0.1, 0.15) is 10.6 Å². The molecule has 3 aromatic carbocycles. The van der Waals surface area contributed by atoms with Gasteiger partial charge in [-0.25, -0.2) is 14.8 Å². The molecule has 0 saturated carbocycles. The van der Waals surface area contributed by atoms with Crippen LogP contribution in [-0.2, 0) is 16.5 Å². The predicted octanol–water partition coefficient (Wildman–Crippen LogP) is 2.30. The average molecular weight is 467 g/mol. The van der Waals surface area contributed by atoms with Crippen LogP contribution in [0, 0.1) is 0 Å². The van der Waals surface area contributed by atoms with Crippen LogP contribution in [0.4, 0.5) is 10.5 Å². The number of benzene rings is 3. The van der Waals surface area contributed by atoms with Gasteiger partial charge in [0.05, 0.1) is 10.7 Å². The molecule has 1 aliphatic heterocycles. The monoisotopic (exact) mass is 466 g/mol. The van der Waals surface area contributed by atoms with Crippen molar-refractivity contribution >= 4 is 21.9 Å². The van der Waals surface area contributed by atoms with Gasteiger partial charge in [-0.2, -0.15) is 8.42 Å². The Labute approximate surface area is 190 Å². The van der Waals surface area contributed by atoms with Crippen molar-refractivity contribution < 1.29 is 22.5 Å². The molecule has 1 atom stereocenters. The summed E-state index contributed by atoms with van der Waals surface area (Å²) in [6.07, 6.45) is -0.421. The van der Waals surface area contributed by atoms with Gasteiger partial charge in [0, 0.05) is 25.2 Å². The highest BCUT2D eigenvalue weighted by molar-refractivity contribution is 7.87. The molecule has 0 fully saturated rings. The third kappa shape index (κ3) is 5.47. The van der Waals surface area contributed by atoms with Gasteiger partial charge in [-0.15, -0.1) is 0 Å². The molecule has 0 radical (unpaired) electrons. The summed E-state index contributed by atoms with van der Waals surface area (Å²) >= 11 is 0. The normalized spacial score (nSPS) is 16.8. The molecular weight excluding hydrogens is 444 g/mol. The van der Waals surface area contributed by atoms with E-state index in [4.69, 9.17) is 9.29 Å². The Bertz CT molecular complexity index is 1390. The molecule has 4 rings (SSSR count). The zero-order chi connectivity index (χ0) is 23.5. The second-order valence-corrected chi connectivity index (χ2v) is 9.10. The summed E-state index contributed by atoms with van der Waals surface area (Å²) in [5, 5.41) is 15.2. The Morgan fingerprint density at radius 1 is 1.00 bits per heavy atom. The van der Waals surface area contributed by atoms with E-state index in [-0.39, 0.29) is 10.6 Å². The van der Waals surface area contributed by atoms with Crippen LogP contribution in [-0.4, -0.2) is 31.9 Å². The first-order valence-electron chi connectivity index (χ1n) is 10.2. The minimum Gasteiger partial charge on any atom is -0.465 e. The van der Waals surface area contributed by atoms with E-state index in [1.807, 2.05) is 18.2 Å². The molecule has 0 spiro atoms. The van der Waals surface area contributed by atoms with E-state index in [9.17, 15) is 13.2 Å². The molecule has 0 aliphatic carbocycles. The van der Waals surface area contributed by atoms with Crippen LogP contribution >= 0.6 is 0 Å². The van der Waals surface area contributed by atoms with E-state index < -0.39 is 22.0 Å². The first-order chi connectivity index (χ1) is 15.7. The van der Waals surface area contributed by atoms with Gasteiger partial charge in [0.2, 0.25) is 5.79 Å². The maximum Gasteiger partial charge on any atom is 0.408 e. The topological polar surface area (TPSA) is 129 Å². The Hall–Kier alpha value is -3.92. The van der Waals surface area contributed by atoms with Crippen LogP contribution in [0.1, 0.15) is 12.5 Å². The molecule has 0 bridgehead atoms. The van der Waals surface area contributed by atoms with Crippen LogP contribution in [0.5, 0.6) is 5.75 Å². The maximum atomic E-state index is 12.7. The molecule has 9 nitrogen and oxygen atoms in total. The number of nitrogens with zero attached hydrogens (tertiary/aromatic N) is 2. The summed E-state index contributed by atoms with van der Waals surface area (Å²) in [7, 11) is -4.07. The third-order valence-electron chi connectivity index (χ3n) is 4.90. The van der Waals surface area contributed by atoms with Crippen LogP contribution in [0.2, 0.25) is 0 Å². The summed E-state index contributed by atoms with van der Waals surface area (Å²) < 4.78 is 30.7. The van der Waals surface area contributed by atoms with Gasteiger partial charge in [-0.3, -0.25) is 5.32 Å². The fourth-order valence-electron chi connectivity index (χ4n) is 3.40. The Balaban J connectivity index is 1.42. The minimum atomic E-state index is -4.07. The van der Waals surface area contributed by atoms with Crippen molar-refractivity contribution in [1.82, 2.24) is 5.32 Å². The van der Waals surface area contributed by atoms with Crippen molar-refractivity contribution in [2.45, 2.75) is 24.0 Å². The van der Waals surface area contributed by atoms with Crippen LogP contribution in [0.3, 0.4) is 0 Å². The molecule has 1 amide bonds. The van der Waals surface area contributed by atoms with Crippen molar-refractivity contribution in [3.05, 3.63) is 89.1 Å². The number of anilines is 1. The number of nitrogens with one attached hydrogen (secondary N) is 2. The van der Waals surface area contributed by atoms with Gasteiger partial charge < -0.3 is 14.6 Å². The van der Waals surface area contributed by atoms with Gasteiger partial charge in [0.25, 0.3) is 0 Å². The van der Waals surface area contributed by atoms with E-state index in [1.54, 1.807) is 12.1 Å². The Kier molecular flexibility index (Phi) is 6.01. The molecule has 10 heteroatoms. The van der Waals surface area contributed by atoms with Gasteiger partial charge in [-0.1, -0.05) is 30.3 Å². The summed E-state index contributed by atoms with van der Waals surface area (Å²) in [4.78, 5) is 19.4. The Morgan fingerprint density at radius 2 is 1.70 bits per heavy atom. The predicted molar refractivity (Wildman–Crippen MR) is 121 cm³/mol. The number of hydrogen-bond acceptors (Lipinski definition) is 7. The fourth-order valence-corrected chi connectivity index (χ4v) is 4.32. The van der Waals surface area contributed by atoms with Crippen LogP contribution < -0.4 is 25.5 Å². The van der Waals surface area contributed by atoms with E-state index >= 15 is 0 Å². The van der Waals surface area contributed by atoms with Gasteiger partial charge >= 0.3 is 16.2 Å².